The summed E-state index contributed by atoms with van der Waals surface area (Å²) in [5.41, 5.74) is 0.784. The zero-order valence-corrected chi connectivity index (χ0v) is 26.7. The molecule has 154 valence electrons. The molecule has 0 radical (unpaired) electrons. The van der Waals surface area contributed by atoms with E-state index >= 15 is 0 Å². The number of hydrogen-bond donors (Lipinski definition) is 2. The minimum absolute atomic E-state index is 0. The van der Waals surface area contributed by atoms with Gasteiger partial charge in [0.25, 0.3) is 0 Å². The van der Waals surface area contributed by atoms with Crippen molar-refractivity contribution in [2.45, 2.75) is 106 Å². The third-order valence-electron chi connectivity index (χ3n) is 3.63. The molecule has 0 heterocycles. The van der Waals surface area contributed by atoms with Gasteiger partial charge in [-0.2, -0.15) is 0 Å². The Morgan fingerprint density at radius 2 is 0.885 bits per heavy atom. The molecule has 26 heavy (non-hydrogen) atoms. The Labute approximate surface area is 193 Å². The second kappa shape index (κ2) is 18.8. The SMILES string of the molecule is CC(C)(C)CCCCCC(=O)O.CC(C)(C)CCCCCC(=O)O.[BiH3].[Zn]. The minimum atomic E-state index is -0.675. The van der Waals surface area contributed by atoms with Gasteiger partial charge in [0.05, 0.1) is 0 Å². The Balaban J connectivity index is -0.000000173. The Morgan fingerprint density at radius 3 is 1.08 bits per heavy atom. The van der Waals surface area contributed by atoms with Crippen molar-refractivity contribution in [2.24, 2.45) is 10.8 Å². The van der Waals surface area contributed by atoms with Crippen molar-refractivity contribution in [3.05, 3.63) is 0 Å². The van der Waals surface area contributed by atoms with E-state index in [1.54, 1.807) is 0 Å². The Bertz CT molecular complexity index is 313. The third-order valence-corrected chi connectivity index (χ3v) is 3.63. The molecule has 0 aromatic heterocycles. The van der Waals surface area contributed by atoms with Gasteiger partial charge in [-0.3, -0.25) is 9.59 Å². The van der Waals surface area contributed by atoms with Crippen molar-refractivity contribution >= 4 is 38.1 Å². The Morgan fingerprint density at radius 1 is 0.615 bits per heavy atom. The molecule has 0 amide bonds. The molecule has 0 unspecified atom stereocenters. The van der Waals surface area contributed by atoms with Gasteiger partial charge in [0.2, 0.25) is 0 Å². The quantitative estimate of drug-likeness (QED) is 0.268. The molecule has 0 spiro atoms. The molecule has 0 aromatic rings. The first kappa shape index (κ1) is 34.0. The van der Waals surface area contributed by atoms with Crippen LogP contribution in [-0.2, 0) is 29.1 Å². The molecule has 0 fully saturated rings. The number of carboxylic acids is 2. The summed E-state index contributed by atoms with van der Waals surface area (Å²) in [5, 5.41) is 16.7. The molecule has 0 aliphatic carbocycles. The predicted molar refractivity (Wildman–Crippen MR) is 110 cm³/mol. The summed E-state index contributed by atoms with van der Waals surface area (Å²) in [7, 11) is 0. The summed E-state index contributed by atoms with van der Waals surface area (Å²) in [5.74, 6) is -1.35. The molecule has 0 aliphatic heterocycles. The summed E-state index contributed by atoms with van der Waals surface area (Å²) in [6.45, 7) is 13.3. The first-order valence-corrected chi connectivity index (χ1v) is 9.27. The summed E-state index contributed by atoms with van der Waals surface area (Å²) < 4.78 is 0. The summed E-state index contributed by atoms with van der Waals surface area (Å²) in [4.78, 5) is 20.3. The van der Waals surface area contributed by atoms with Gasteiger partial charge >= 0.3 is 38.1 Å². The zero-order chi connectivity index (χ0) is 19.2. The van der Waals surface area contributed by atoms with Crippen molar-refractivity contribution in [1.29, 1.82) is 0 Å². The molecule has 0 rings (SSSR count). The van der Waals surface area contributed by atoms with Crippen LogP contribution in [0.25, 0.3) is 0 Å². The van der Waals surface area contributed by atoms with Gasteiger partial charge in [-0.15, -0.1) is 0 Å². The molecule has 2 N–H and O–H groups in total. The molecule has 0 atom stereocenters. The number of hydrogen-bond acceptors (Lipinski definition) is 2. The standard InChI is InChI=1S/2C10H20O2.Bi.Zn.3H/c2*1-10(2,3)8-6-4-5-7-9(11)12;;;;;/h2*4-8H2,1-3H3,(H,11,12);;;;;. The van der Waals surface area contributed by atoms with Crippen LogP contribution in [0.4, 0.5) is 0 Å². The van der Waals surface area contributed by atoms with Crippen LogP contribution < -0.4 is 0 Å². The summed E-state index contributed by atoms with van der Waals surface area (Å²) in [6, 6.07) is 0. The number of unbranched alkanes of at least 4 members (excludes halogenated alkanes) is 4. The molecule has 0 aromatic carbocycles. The van der Waals surface area contributed by atoms with E-state index in [4.69, 9.17) is 10.2 Å². The first-order valence-electron chi connectivity index (χ1n) is 9.27. The van der Waals surface area contributed by atoms with E-state index in [2.05, 4.69) is 41.5 Å². The van der Waals surface area contributed by atoms with Crippen molar-refractivity contribution < 1.29 is 39.3 Å². The molecule has 0 saturated carbocycles. The maximum atomic E-state index is 10.2. The molecule has 4 nitrogen and oxygen atoms in total. The summed E-state index contributed by atoms with van der Waals surface area (Å²) in [6.07, 6.45) is 9.06. The minimum Gasteiger partial charge on any atom is 0 e. The van der Waals surface area contributed by atoms with E-state index in [0.29, 0.717) is 23.7 Å². The van der Waals surface area contributed by atoms with E-state index in [9.17, 15) is 9.59 Å². The first-order chi connectivity index (χ1) is 10.8. The van der Waals surface area contributed by atoms with Crippen LogP contribution in [0, 0.1) is 10.8 Å². The fraction of sp³-hybridized carbons (Fsp3) is 0.900. The number of rotatable bonds is 10. The average Bonchev–Trinajstić information content (AvgIpc) is 2.35. The monoisotopic (exact) mass is 620 g/mol. The van der Waals surface area contributed by atoms with Gasteiger partial charge in [-0.05, 0) is 36.5 Å². The van der Waals surface area contributed by atoms with Crippen LogP contribution in [0.2, 0.25) is 0 Å². The third kappa shape index (κ3) is 39.5. The maximum absolute atomic E-state index is 10.2. The topological polar surface area (TPSA) is 74.6 Å². The van der Waals surface area contributed by atoms with Crippen molar-refractivity contribution in [2.75, 3.05) is 0 Å². The molecular formula is C20H43BiO4Zn. The van der Waals surface area contributed by atoms with E-state index in [1.807, 2.05) is 0 Å². The fourth-order valence-electron chi connectivity index (χ4n) is 2.22. The van der Waals surface area contributed by atoms with E-state index < -0.39 is 11.9 Å². The predicted octanol–water partition coefficient (Wildman–Crippen LogP) is 4.95. The summed E-state index contributed by atoms with van der Waals surface area (Å²) >= 11 is 0. The number of aliphatic carboxylic acids is 2. The van der Waals surface area contributed by atoms with Gasteiger partial charge in [0.1, 0.15) is 0 Å². The van der Waals surface area contributed by atoms with Crippen LogP contribution in [0.1, 0.15) is 106 Å². The van der Waals surface area contributed by atoms with E-state index in [1.165, 1.54) is 12.8 Å². The van der Waals surface area contributed by atoms with Gasteiger partial charge in [-0.1, -0.05) is 67.2 Å². The maximum Gasteiger partial charge on any atom is 0 e. The molecule has 0 bridgehead atoms. The molecule has 0 aliphatic rings. The van der Waals surface area contributed by atoms with Crippen LogP contribution in [0.5, 0.6) is 0 Å². The second-order valence-corrected chi connectivity index (χ2v) is 9.03. The normalized spacial score (nSPS) is 10.7. The molecular weight excluding hydrogens is 579 g/mol. The zero-order valence-electron chi connectivity index (χ0n) is 18.2. The molecule has 6 heteroatoms. The van der Waals surface area contributed by atoms with Crippen molar-refractivity contribution in [3.63, 3.8) is 0 Å². The van der Waals surface area contributed by atoms with Crippen LogP contribution >= 0.6 is 0 Å². The van der Waals surface area contributed by atoms with Crippen LogP contribution in [0.3, 0.4) is 0 Å². The Hall–Kier alpha value is 0.446. The van der Waals surface area contributed by atoms with Gasteiger partial charge in [-0.25, -0.2) is 0 Å². The second-order valence-electron chi connectivity index (χ2n) is 9.03. The van der Waals surface area contributed by atoms with Gasteiger partial charge < -0.3 is 10.2 Å². The number of carboxylic acid groups (broad SMARTS) is 2. The van der Waals surface area contributed by atoms with Gasteiger partial charge in [0.15, 0.2) is 0 Å². The van der Waals surface area contributed by atoms with Crippen LogP contribution in [-0.4, -0.2) is 48.4 Å². The van der Waals surface area contributed by atoms with E-state index in [0.717, 1.165) is 38.5 Å². The fourth-order valence-corrected chi connectivity index (χ4v) is 2.22. The largest absolute Gasteiger partial charge is 0 e. The van der Waals surface area contributed by atoms with Crippen molar-refractivity contribution in [3.8, 4) is 0 Å². The number of carbonyl (C=O) groups is 2. The van der Waals surface area contributed by atoms with E-state index in [-0.39, 0.29) is 45.7 Å². The van der Waals surface area contributed by atoms with Gasteiger partial charge in [0, 0.05) is 32.3 Å². The average molecular weight is 622 g/mol. The van der Waals surface area contributed by atoms with Crippen molar-refractivity contribution in [1.82, 2.24) is 0 Å². The molecule has 0 saturated heterocycles. The van der Waals surface area contributed by atoms with Crippen LogP contribution in [0.15, 0.2) is 0 Å². The Kier molecular flexibility index (Phi) is 24.6. The smallest absolute Gasteiger partial charge is 0 e.